The van der Waals surface area contributed by atoms with E-state index in [0.717, 1.165) is 23.1 Å². The normalized spacial score (nSPS) is 24.7. The molecule has 1 aliphatic heterocycles. The van der Waals surface area contributed by atoms with Gasteiger partial charge in [0.1, 0.15) is 21.8 Å². The summed E-state index contributed by atoms with van der Waals surface area (Å²) in [7, 11) is -4.65. The van der Waals surface area contributed by atoms with E-state index in [1.807, 2.05) is 0 Å². The average molecular weight is 524 g/mol. The van der Waals surface area contributed by atoms with Crippen LogP contribution in [0.25, 0.3) is 0 Å². The van der Waals surface area contributed by atoms with Gasteiger partial charge in [-0.1, -0.05) is 11.6 Å². The van der Waals surface area contributed by atoms with Gasteiger partial charge in [-0.15, -0.1) is 0 Å². The molecule has 0 aromatic heterocycles. The van der Waals surface area contributed by atoms with Crippen molar-refractivity contribution in [2.45, 2.75) is 41.2 Å². The molecule has 2 aromatic rings. The summed E-state index contributed by atoms with van der Waals surface area (Å²) in [6, 6.07) is 6.89. The molecular formula is C22H19ClF5NO4S. The Labute approximate surface area is 197 Å². The van der Waals surface area contributed by atoms with E-state index in [1.54, 1.807) is 0 Å². The topological polar surface area (TPSA) is 74.7 Å². The minimum Gasteiger partial charge on any atom is -0.389 e. The van der Waals surface area contributed by atoms with Crippen molar-refractivity contribution in [1.29, 1.82) is 0 Å². The van der Waals surface area contributed by atoms with Crippen LogP contribution in [-0.4, -0.2) is 49.7 Å². The second-order valence-corrected chi connectivity index (χ2v) is 11.2. The molecule has 2 fully saturated rings. The van der Waals surface area contributed by atoms with E-state index >= 15 is 0 Å². The average Bonchev–Trinajstić information content (AvgIpc) is 3.57. The number of halogens is 6. The van der Waals surface area contributed by atoms with Gasteiger partial charge in [0.25, 0.3) is 0 Å². The van der Waals surface area contributed by atoms with Gasteiger partial charge in [-0.2, -0.15) is 13.2 Å². The van der Waals surface area contributed by atoms with Crippen molar-refractivity contribution < 1.29 is 40.3 Å². The smallest absolute Gasteiger partial charge is 0.389 e. The third kappa shape index (κ3) is 3.68. The van der Waals surface area contributed by atoms with Crippen molar-refractivity contribution in [2.75, 3.05) is 13.1 Å². The molecule has 1 heterocycles. The first-order chi connectivity index (χ1) is 15.8. The van der Waals surface area contributed by atoms with Crippen LogP contribution >= 0.6 is 11.6 Å². The number of rotatable bonds is 4. The summed E-state index contributed by atoms with van der Waals surface area (Å²) >= 11 is 5.82. The molecule has 1 N–H and O–H groups in total. The molecule has 12 heteroatoms. The first-order valence-electron chi connectivity index (χ1n) is 10.3. The van der Waals surface area contributed by atoms with Gasteiger partial charge in [-0.05, 0) is 61.7 Å². The van der Waals surface area contributed by atoms with Crippen LogP contribution in [0.4, 0.5) is 22.0 Å². The molecule has 1 saturated carbocycles. The van der Waals surface area contributed by atoms with Gasteiger partial charge in [-0.3, -0.25) is 4.79 Å². The van der Waals surface area contributed by atoms with Gasteiger partial charge in [0.15, 0.2) is 9.84 Å². The predicted molar refractivity (Wildman–Crippen MR) is 112 cm³/mol. The minimum atomic E-state index is -4.80. The molecule has 0 radical (unpaired) electrons. The van der Waals surface area contributed by atoms with E-state index in [-0.39, 0.29) is 9.92 Å². The van der Waals surface area contributed by atoms with Crippen molar-refractivity contribution >= 4 is 27.3 Å². The molecule has 2 aromatic carbocycles. The Hall–Kier alpha value is -2.24. The summed E-state index contributed by atoms with van der Waals surface area (Å²) in [5.74, 6) is -3.36. The van der Waals surface area contributed by atoms with E-state index in [4.69, 9.17) is 11.6 Å². The monoisotopic (exact) mass is 523 g/mol. The molecule has 2 aliphatic rings. The summed E-state index contributed by atoms with van der Waals surface area (Å²) in [6.07, 6.45) is -8.32. The number of benzene rings is 2. The van der Waals surface area contributed by atoms with Crippen LogP contribution in [-0.2, 0) is 19.4 Å². The standard InChI is InChI=1S/C22H19ClF5NO4S/c23-13-1-4-15(5-2-13)34(32,33)21(16-11-14(24)3-6-17(16)25)9-10-29(12-18(21)30)19(31)20(7-8-20)22(26,27)28/h1-6,11,18,30H,7-10,12H2/t18-,21-/m1/s1. The number of sulfone groups is 1. The Bertz CT molecular complexity index is 1230. The second kappa shape index (κ2) is 8.17. The van der Waals surface area contributed by atoms with Crippen molar-refractivity contribution in [2.24, 2.45) is 5.41 Å². The van der Waals surface area contributed by atoms with E-state index in [2.05, 4.69) is 0 Å². The highest BCUT2D eigenvalue weighted by atomic mass is 35.5. The van der Waals surface area contributed by atoms with Gasteiger partial charge in [0.2, 0.25) is 5.91 Å². The fourth-order valence-electron chi connectivity index (χ4n) is 4.56. The molecule has 4 rings (SSSR count). The van der Waals surface area contributed by atoms with Gasteiger partial charge >= 0.3 is 6.18 Å². The van der Waals surface area contributed by atoms with Crippen LogP contribution in [0.2, 0.25) is 5.02 Å². The number of β-amino-alcohol motifs (C(OH)–C–C–N with tert-alkyl or cyclic N) is 1. The first-order valence-corrected chi connectivity index (χ1v) is 12.1. The SMILES string of the molecule is O=C(N1CC[C@](c2cc(F)ccc2F)(S(=O)(=O)c2ccc(Cl)cc2)[C@H](O)C1)C1(C(F)(F)F)CC1. The number of carbonyl (C=O) groups excluding carboxylic acids is 1. The van der Waals surface area contributed by atoms with Crippen LogP contribution in [0, 0.1) is 17.0 Å². The third-order valence-electron chi connectivity index (χ3n) is 6.66. The second-order valence-electron chi connectivity index (χ2n) is 8.57. The summed E-state index contributed by atoms with van der Waals surface area (Å²) in [4.78, 5) is 13.1. The van der Waals surface area contributed by atoms with Crippen LogP contribution in [0.5, 0.6) is 0 Å². The zero-order valence-electron chi connectivity index (χ0n) is 17.4. The fraction of sp³-hybridized carbons (Fsp3) is 0.409. The van der Waals surface area contributed by atoms with E-state index in [9.17, 15) is 40.3 Å². The molecule has 1 amide bonds. The van der Waals surface area contributed by atoms with Crippen molar-refractivity contribution in [1.82, 2.24) is 4.90 Å². The predicted octanol–water partition coefficient (Wildman–Crippen LogP) is 4.22. The Balaban J connectivity index is 1.80. The first kappa shape index (κ1) is 24.9. The quantitative estimate of drug-likeness (QED) is 0.609. The summed E-state index contributed by atoms with van der Waals surface area (Å²) in [6.45, 7) is -1.32. The molecule has 1 aliphatic carbocycles. The molecule has 0 unspecified atom stereocenters. The zero-order valence-corrected chi connectivity index (χ0v) is 19.0. The van der Waals surface area contributed by atoms with Crippen molar-refractivity contribution in [3.63, 3.8) is 0 Å². The molecule has 1 saturated heterocycles. The number of alkyl halides is 3. The maximum Gasteiger partial charge on any atom is 0.403 e. The number of hydrogen-bond donors (Lipinski definition) is 1. The molecule has 0 spiro atoms. The summed E-state index contributed by atoms with van der Waals surface area (Å²) in [5.41, 5.74) is -3.23. The maximum absolute atomic E-state index is 14.9. The van der Waals surface area contributed by atoms with Crippen LogP contribution in [0.15, 0.2) is 47.4 Å². The van der Waals surface area contributed by atoms with Gasteiger partial charge in [-0.25, -0.2) is 17.2 Å². The number of aliphatic hydroxyl groups excluding tert-OH is 1. The lowest BCUT2D eigenvalue weighted by molar-refractivity contribution is -0.200. The number of aliphatic hydroxyl groups is 1. The lowest BCUT2D eigenvalue weighted by Gasteiger charge is -2.46. The summed E-state index contributed by atoms with van der Waals surface area (Å²) in [5, 5.41) is 11.3. The third-order valence-corrected chi connectivity index (χ3v) is 9.46. The molecule has 5 nitrogen and oxygen atoms in total. The number of carbonyl (C=O) groups is 1. The van der Waals surface area contributed by atoms with Crippen LogP contribution < -0.4 is 0 Å². The van der Waals surface area contributed by atoms with Gasteiger partial charge in [0, 0.05) is 23.7 Å². The summed E-state index contributed by atoms with van der Waals surface area (Å²) < 4.78 is 94.4. The van der Waals surface area contributed by atoms with E-state index < -0.39 is 87.7 Å². The molecule has 2 atom stereocenters. The van der Waals surface area contributed by atoms with Crippen LogP contribution in [0.1, 0.15) is 24.8 Å². The fourth-order valence-corrected chi connectivity index (χ4v) is 6.84. The number of likely N-dealkylation sites (tertiary alicyclic amines) is 1. The largest absolute Gasteiger partial charge is 0.403 e. The Morgan fingerprint density at radius 1 is 1.06 bits per heavy atom. The Morgan fingerprint density at radius 3 is 2.21 bits per heavy atom. The van der Waals surface area contributed by atoms with Gasteiger partial charge in [0.05, 0.1) is 11.0 Å². The lowest BCUT2D eigenvalue weighted by Crippen LogP contribution is -2.60. The molecule has 184 valence electrons. The van der Waals surface area contributed by atoms with Crippen molar-refractivity contribution in [3.8, 4) is 0 Å². The van der Waals surface area contributed by atoms with Crippen LogP contribution in [0.3, 0.4) is 0 Å². The van der Waals surface area contributed by atoms with E-state index in [1.165, 1.54) is 12.1 Å². The minimum absolute atomic E-state index is 0.202. The lowest BCUT2D eigenvalue weighted by atomic mass is 9.84. The highest BCUT2D eigenvalue weighted by Crippen LogP contribution is 2.59. The Kier molecular flexibility index (Phi) is 5.97. The number of piperidine rings is 1. The number of hydrogen-bond acceptors (Lipinski definition) is 4. The number of nitrogens with zero attached hydrogens (tertiary/aromatic N) is 1. The zero-order chi connectivity index (χ0) is 25.1. The van der Waals surface area contributed by atoms with Gasteiger partial charge < -0.3 is 10.0 Å². The number of amides is 1. The molecule has 34 heavy (non-hydrogen) atoms. The van der Waals surface area contributed by atoms with Crippen molar-refractivity contribution in [3.05, 3.63) is 64.7 Å². The highest BCUT2D eigenvalue weighted by molar-refractivity contribution is 7.92. The molecular weight excluding hydrogens is 505 g/mol. The van der Waals surface area contributed by atoms with E-state index in [0.29, 0.717) is 12.1 Å². The molecule has 0 bridgehead atoms. The highest BCUT2D eigenvalue weighted by Gasteiger charge is 2.70. The maximum atomic E-state index is 14.9. The Morgan fingerprint density at radius 2 is 1.68 bits per heavy atom.